The van der Waals surface area contributed by atoms with Crippen LogP contribution in [0.25, 0.3) is 0 Å². The Morgan fingerprint density at radius 3 is 2.20 bits per heavy atom. The zero-order valence-electron chi connectivity index (χ0n) is 4.73. The molecule has 0 amide bonds. The molecule has 0 rings (SSSR count). The van der Waals surface area contributed by atoms with Gasteiger partial charge in [0.2, 0.25) is 0 Å². The molecule has 0 saturated heterocycles. The van der Waals surface area contributed by atoms with Gasteiger partial charge in [-0.25, -0.2) is 4.57 Å². The SMILES string of the molecule is O=P(O)(O)OCCCO.[NaH]. The summed E-state index contributed by atoms with van der Waals surface area (Å²) >= 11 is 0. The van der Waals surface area contributed by atoms with Crippen LogP contribution >= 0.6 is 7.82 Å². The van der Waals surface area contributed by atoms with E-state index in [9.17, 15) is 4.57 Å². The van der Waals surface area contributed by atoms with E-state index < -0.39 is 7.82 Å². The molecule has 0 aliphatic rings. The molecule has 0 radical (unpaired) electrons. The molecule has 0 aromatic heterocycles. The molecule has 5 nitrogen and oxygen atoms in total. The van der Waals surface area contributed by atoms with Crippen LogP contribution in [0, 0.1) is 0 Å². The van der Waals surface area contributed by atoms with E-state index in [2.05, 4.69) is 4.52 Å². The molecule has 0 aromatic carbocycles. The van der Waals surface area contributed by atoms with Gasteiger partial charge in [0.15, 0.2) is 0 Å². The van der Waals surface area contributed by atoms with Gasteiger partial charge in [-0.2, -0.15) is 0 Å². The van der Waals surface area contributed by atoms with Crippen LogP contribution in [0.15, 0.2) is 0 Å². The van der Waals surface area contributed by atoms with Crippen LogP contribution in [-0.2, 0) is 9.09 Å². The molecular weight excluding hydrogens is 170 g/mol. The zero-order chi connectivity index (χ0) is 7.33. The number of aliphatic hydroxyl groups excluding tert-OH is 1. The number of phosphoric acid groups is 1. The third-order valence-electron chi connectivity index (χ3n) is 0.562. The van der Waals surface area contributed by atoms with Crippen molar-refractivity contribution in [3.05, 3.63) is 0 Å². The summed E-state index contributed by atoms with van der Waals surface area (Å²) in [5.41, 5.74) is 0. The number of hydrogen-bond donors (Lipinski definition) is 3. The van der Waals surface area contributed by atoms with Crippen LogP contribution in [0.1, 0.15) is 6.42 Å². The van der Waals surface area contributed by atoms with Crippen LogP contribution in [0.2, 0.25) is 0 Å². The molecule has 58 valence electrons. The number of phosphoric ester groups is 1. The minimum absolute atomic E-state index is 0. The predicted molar refractivity (Wildman–Crippen MR) is 36.8 cm³/mol. The van der Waals surface area contributed by atoms with Crippen molar-refractivity contribution in [3.8, 4) is 0 Å². The van der Waals surface area contributed by atoms with Crippen molar-refractivity contribution < 1.29 is 24.0 Å². The number of hydrogen-bond acceptors (Lipinski definition) is 3. The molecule has 0 aromatic rings. The van der Waals surface area contributed by atoms with Gasteiger partial charge in [0.1, 0.15) is 0 Å². The van der Waals surface area contributed by atoms with Crippen molar-refractivity contribution in [2.75, 3.05) is 13.2 Å². The summed E-state index contributed by atoms with van der Waals surface area (Å²) < 4.78 is 13.9. The van der Waals surface area contributed by atoms with E-state index in [0.29, 0.717) is 0 Å². The molecular formula is C3H10NaO5P. The van der Waals surface area contributed by atoms with E-state index in [1.165, 1.54) is 0 Å². The molecule has 0 aliphatic carbocycles. The second-order valence-corrected chi connectivity index (χ2v) is 2.64. The molecule has 0 bridgehead atoms. The molecule has 0 spiro atoms. The van der Waals surface area contributed by atoms with Crippen molar-refractivity contribution in [1.29, 1.82) is 0 Å². The second kappa shape index (κ2) is 6.76. The van der Waals surface area contributed by atoms with Gasteiger partial charge in [-0.3, -0.25) is 4.52 Å². The first-order chi connectivity index (χ1) is 4.06. The molecule has 10 heavy (non-hydrogen) atoms. The van der Waals surface area contributed by atoms with Gasteiger partial charge in [-0.05, 0) is 6.42 Å². The van der Waals surface area contributed by atoms with Crippen molar-refractivity contribution in [3.63, 3.8) is 0 Å². The predicted octanol–water partition coefficient (Wildman–Crippen LogP) is -1.17. The Kier molecular flexibility index (Phi) is 9.22. The molecule has 0 aliphatic heterocycles. The first-order valence-electron chi connectivity index (χ1n) is 2.37. The fraction of sp³-hybridized carbons (Fsp3) is 1.00. The first-order valence-corrected chi connectivity index (χ1v) is 3.90. The van der Waals surface area contributed by atoms with E-state index in [1.54, 1.807) is 0 Å². The Bertz CT molecular complexity index is 111. The van der Waals surface area contributed by atoms with Gasteiger partial charge in [0.05, 0.1) is 6.61 Å². The van der Waals surface area contributed by atoms with E-state index >= 15 is 0 Å². The van der Waals surface area contributed by atoms with Crippen LogP contribution in [0.3, 0.4) is 0 Å². The summed E-state index contributed by atoms with van der Waals surface area (Å²) in [7, 11) is -4.31. The standard InChI is InChI=1S/C3H9O5P.Na.H/c4-2-1-3-8-9(5,6)7;;/h4H,1-3H2,(H2,5,6,7);;. The molecule has 0 fully saturated rings. The van der Waals surface area contributed by atoms with Crippen molar-refractivity contribution >= 4 is 37.4 Å². The van der Waals surface area contributed by atoms with Crippen LogP contribution in [-0.4, -0.2) is 57.7 Å². The van der Waals surface area contributed by atoms with E-state index in [4.69, 9.17) is 14.9 Å². The number of aliphatic hydroxyl groups is 1. The monoisotopic (exact) mass is 180 g/mol. The average Bonchev–Trinajstić information content (AvgIpc) is 1.63. The van der Waals surface area contributed by atoms with E-state index in [0.717, 1.165) is 0 Å². The zero-order valence-corrected chi connectivity index (χ0v) is 5.62. The summed E-state index contributed by atoms with van der Waals surface area (Å²) in [6.07, 6.45) is 0.241. The summed E-state index contributed by atoms with van der Waals surface area (Å²) in [5.74, 6) is 0. The molecule has 3 N–H and O–H groups in total. The number of rotatable bonds is 4. The second-order valence-electron chi connectivity index (χ2n) is 1.40. The summed E-state index contributed by atoms with van der Waals surface area (Å²) in [4.78, 5) is 16.1. The van der Waals surface area contributed by atoms with Gasteiger partial charge in [0, 0.05) is 6.61 Å². The Morgan fingerprint density at radius 1 is 1.40 bits per heavy atom. The molecule has 0 atom stereocenters. The van der Waals surface area contributed by atoms with Crippen molar-refractivity contribution in [2.45, 2.75) is 6.42 Å². The van der Waals surface area contributed by atoms with Crippen LogP contribution in [0.4, 0.5) is 0 Å². The average molecular weight is 180 g/mol. The third kappa shape index (κ3) is 11.8. The van der Waals surface area contributed by atoms with Gasteiger partial charge < -0.3 is 14.9 Å². The topological polar surface area (TPSA) is 87.0 Å². The normalized spacial score (nSPS) is 10.7. The fourth-order valence-corrected chi connectivity index (χ4v) is 0.615. The molecule has 0 unspecified atom stereocenters. The maximum absolute atomic E-state index is 9.90. The Labute approximate surface area is 80.9 Å². The van der Waals surface area contributed by atoms with Gasteiger partial charge in [-0.15, -0.1) is 0 Å². The van der Waals surface area contributed by atoms with Gasteiger partial charge in [0.25, 0.3) is 0 Å². The Hall–Kier alpha value is 1.07. The quantitative estimate of drug-likeness (QED) is 0.288. The van der Waals surface area contributed by atoms with Gasteiger partial charge in [-0.1, -0.05) is 0 Å². The Balaban J connectivity index is 0. The molecule has 7 heteroatoms. The maximum atomic E-state index is 9.90. The summed E-state index contributed by atoms with van der Waals surface area (Å²) in [6.45, 7) is -0.235. The Morgan fingerprint density at radius 2 is 1.90 bits per heavy atom. The first kappa shape index (κ1) is 13.6. The summed E-state index contributed by atoms with van der Waals surface area (Å²) in [6, 6.07) is 0. The van der Waals surface area contributed by atoms with E-state index in [-0.39, 0.29) is 49.2 Å². The molecule has 0 heterocycles. The van der Waals surface area contributed by atoms with Crippen molar-refractivity contribution in [1.82, 2.24) is 0 Å². The van der Waals surface area contributed by atoms with Gasteiger partial charge >= 0.3 is 37.4 Å². The fourth-order valence-electron chi connectivity index (χ4n) is 0.248. The molecule has 0 saturated carbocycles. The minimum atomic E-state index is -4.31. The van der Waals surface area contributed by atoms with Crippen molar-refractivity contribution in [2.24, 2.45) is 0 Å². The van der Waals surface area contributed by atoms with Crippen LogP contribution in [0.5, 0.6) is 0 Å². The van der Waals surface area contributed by atoms with E-state index in [1.807, 2.05) is 0 Å². The summed E-state index contributed by atoms with van der Waals surface area (Å²) in [5, 5.41) is 8.13. The van der Waals surface area contributed by atoms with Crippen LogP contribution < -0.4 is 0 Å². The third-order valence-corrected chi connectivity index (χ3v) is 1.08.